The number of hydrogen-bond donors (Lipinski definition) is 1. The quantitative estimate of drug-likeness (QED) is 0.718. The van der Waals surface area contributed by atoms with Crippen LogP contribution in [-0.4, -0.2) is 16.0 Å². The van der Waals surface area contributed by atoms with Crippen molar-refractivity contribution < 1.29 is 9.32 Å². The molecule has 2 heterocycles. The average molecular weight is 362 g/mol. The Labute approximate surface area is 148 Å². The van der Waals surface area contributed by atoms with Crippen LogP contribution in [0.4, 0.5) is 0 Å². The number of nitrogens with zero attached hydrogens (tertiary/aromatic N) is 2. The summed E-state index contributed by atoms with van der Waals surface area (Å²) >= 11 is 7.52. The number of aromatic nitrogens is 2. The predicted molar refractivity (Wildman–Crippen MR) is 94.0 cm³/mol. The van der Waals surface area contributed by atoms with Crippen LogP contribution in [0.2, 0.25) is 5.02 Å². The Balaban J connectivity index is 1.67. The number of thiophene rings is 1. The standard InChI is InChI=1S/C17H16ClN3O2S/c1-2-15(22)19-10-13-6-7-14(24-13)17-20-16(23-21-17)9-11-4-3-5-12(18)8-11/h3-8H,2,9-10H2,1H3,(H,19,22). The first kappa shape index (κ1) is 16.7. The van der Waals surface area contributed by atoms with E-state index < -0.39 is 0 Å². The van der Waals surface area contributed by atoms with Gasteiger partial charge in [0.25, 0.3) is 0 Å². The van der Waals surface area contributed by atoms with Crippen LogP contribution in [0.5, 0.6) is 0 Å². The van der Waals surface area contributed by atoms with E-state index in [2.05, 4.69) is 15.5 Å². The van der Waals surface area contributed by atoms with E-state index in [1.165, 1.54) is 11.3 Å². The third kappa shape index (κ3) is 4.21. The van der Waals surface area contributed by atoms with Crippen LogP contribution < -0.4 is 5.32 Å². The molecular formula is C17H16ClN3O2S. The molecule has 3 aromatic rings. The molecule has 1 N–H and O–H groups in total. The smallest absolute Gasteiger partial charge is 0.231 e. The molecule has 5 nitrogen and oxygen atoms in total. The number of hydrogen-bond acceptors (Lipinski definition) is 5. The monoisotopic (exact) mass is 361 g/mol. The van der Waals surface area contributed by atoms with Gasteiger partial charge in [-0.05, 0) is 29.8 Å². The lowest BCUT2D eigenvalue weighted by Crippen LogP contribution is -2.20. The molecule has 24 heavy (non-hydrogen) atoms. The molecule has 0 saturated heterocycles. The number of amides is 1. The van der Waals surface area contributed by atoms with Gasteiger partial charge in [-0.15, -0.1) is 11.3 Å². The van der Waals surface area contributed by atoms with Crippen LogP contribution in [0.1, 0.15) is 29.7 Å². The Hall–Kier alpha value is -2.18. The molecule has 3 rings (SSSR count). The number of benzene rings is 1. The van der Waals surface area contributed by atoms with Gasteiger partial charge in [0, 0.05) is 16.3 Å². The molecule has 0 spiro atoms. The third-order valence-electron chi connectivity index (χ3n) is 3.38. The number of halogens is 1. The summed E-state index contributed by atoms with van der Waals surface area (Å²) in [6.45, 7) is 2.35. The molecular weight excluding hydrogens is 346 g/mol. The highest BCUT2D eigenvalue weighted by Crippen LogP contribution is 2.26. The van der Waals surface area contributed by atoms with Gasteiger partial charge < -0.3 is 9.84 Å². The lowest BCUT2D eigenvalue weighted by atomic mass is 10.1. The molecule has 0 saturated carbocycles. The summed E-state index contributed by atoms with van der Waals surface area (Å²) in [7, 11) is 0. The Morgan fingerprint density at radius 2 is 2.21 bits per heavy atom. The molecule has 7 heteroatoms. The zero-order valence-corrected chi connectivity index (χ0v) is 14.7. The van der Waals surface area contributed by atoms with E-state index in [4.69, 9.17) is 16.1 Å². The van der Waals surface area contributed by atoms with Gasteiger partial charge in [-0.2, -0.15) is 4.98 Å². The molecule has 0 aliphatic heterocycles. The fraction of sp³-hybridized carbons (Fsp3) is 0.235. The van der Waals surface area contributed by atoms with Crippen molar-refractivity contribution in [3.8, 4) is 10.7 Å². The highest BCUT2D eigenvalue weighted by Gasteiger charge is 2.12. The number of nitrogens with one attached hydrogen (secondary N) is 1. The van der Waals surface area contributed by atoms with Crippen molar-refractivity contribution >= 4 is 28.8 Å². The highest BCUT2D eigenvalue weighted by molar-refractivity contribution is 7.15. The second-order valence-corrected chi connectivity index (χ2v) is 6.82. The van der Waals surface area contributed by atoms with Crippen molar-refractivity contribution in [3.05, 3.63) is 57.8 Å². The van der Waals surface area contributed by atoms with Crippen LogP contribution in [0, 0.1) is 0 Å². The van der Waals surface area contributed by atoms with Crippen molar-refractivity contribution in [2.24, 2.45) is 0 Å². The minimum Gasteiger partial charge on any atom is -0.351 e. The molecule has 2 aromatic heterocycles. The van der Waals surface area contributed by atoms with E-state index in [0.717, 1.165) is 15.3 Å². The van der Waals surface area contributed by atoms with Crippen molar-refractivity contribution in [1.29, 1.82) is 0 Å². The first-order chi connectivity index (χ1) is 11.6. The second-order valence-electron chi connectivity index (χ2n) is 5.21. The van der Waals surface area contributed by atoms with Gasteiger partial charge in [0.2, 0.25) is 17.6 Å². The number of rotatable bonds is 6. The maximum atomic E-state index is 11.3. The SMILES string of the molecule is CCC(=O)NCc1ccc(-c2noc(Cc3cccc(Cl)c3)n2)s1. The summed E-state index contributed by atoms with van der Waals surface area (Å²) in [6, 6.07) is 11.5. The molecule has 1 aromatic carbocycles. The van der Waals surface area contributed by atoms with Gasteiger partial charge in [-0.3, -0.25) is 4.79 Å². The van der Waals surface area contributed by atoms with E-state index in [1.54, 1.807) is 0 Å². The zero-order valence-electron chi connectivity index (χ0n) is 13.1. The van der Waals surface area contributed by atoms with E-state index >= 15 is 0 Å². The maximum absolute atomic E-state index is 11.3. The number of carbonyl (C=O) groups is 1. The van der Waals surface area contributed by atoms with Gasteiger partial charge in [0.05, 0.1) is 17.8 Å². The summed E-state index contributed by atoms with van der Waals surface area (Å²) in [5.41, 5.74) is 1.02. The summed E-state index contributed by atoms with van der Waals surface area (Å²) in [5.74, 6) is 1.14. The maximum Gasteiger partial charge on any atom is 0.231 e. The Bertz CT molecular complexity index is 844. The Morgan fingerprint density at radius 1 is 1.33 bits per heavy atom. The molecule has 0 bridgehead atoms. The molecule has 0 unspecified atom stereocenters. The van der Waals surface area contributed by atoms with Gasteiger partial charge in [-0.1, -0.05) is 35.8 Å². The molecule has 124 valence electrons. The largest absolute Gasteiger partial charge is 0.351 e. The predicted octanol–water partition coefficient (Wildman–Crippen LogP) is 4.07. The topological polar surface area (TPSA) is 68.0 Å². The second kappa shape index (κ2) is 7.59. The normalized spacial score (nSPS) is 10.8. The summed E-state index contributed by atoms with van der Waals surface area (Å²) in [5, 5.41) is 7.57. The molecule has 0 fully saturated rings. The highest BCUT2D eigenvalue weighted by atomic mass is 35.5. The average Bonchev–Trinajstić information content (AvgIpc) is 3.21. The van der Waals surface area contributed by atoms with Crippen molar-refractivity contribution in [2.75, 3.05) is 0 Å². The molecule has 0 aliphatic rings. The van der Waals surface area contributed by atoms with E-state index in [0.29, 0.717) is 36.1 Å². The fourth-order valence-electron chi connectivity index (χ4n) is 2.15. The van der Waals surface area contributed by atoms with E-state index in [9.17, 15) is 4.79 Å². The lowest BCUT2D eigenvalue weighted by Gasteiger charge is -1.99. The fourth-order valence-corrected chi connectivity index (χ4v) is 3.24. The minimum atomic E-state index is 0.0355. The molecule has 1 amide bonds. The zero-order chi connectivity index (χ0) is 16.9. The molecule has 0 radical (unpaired) electrons. The summed E-state index contributed by atoms with van der Waals surface area (Å²) in [6.07, 6.45) is 1.02. The van der Waals surface area contributed by atoms with Gasteiger partial charge in [0.1, 0.15) is 0 Å². The third-order valence-corrected chi connectivity index (χ3v) is 4.69. The van der Waals surface area contributed by atoms with Crippen LogP contribution >= 0.6 is 22.9 Å². The molecule has 0 aliphatic carbocycles. The van der Waals surface area contributed by atoms with Crippen molar-refractivity contribution in [2.45, 2.75) is 26.3 Å². The Morgan fingerprint density at radius 3 is 3.00 bits per heavy atom. The Kier molecular flexibility index (Phi) is 5.27. The van der Waals surface area contributed by atoms with Crippen LogP contribution in [0.15, 0.2) is 40.9 Å². The van der Waals surface area contributed by atoms with Gasteiger partial charge >= 0.3 is 0 Å². The van der Waals surface area contributed by atoms with Gasteiger partial charge in [-0.25, -0.2) is 0 Å². The van der Waals surface area contributed by atoms with Crippen molar-refractivity contribution in [1.82, 2.24) is 15.5 Å². The lowest BCUT2D eigenvalue weighted by molar-refractivity contribution is -0.120. The summed E-state index contributed by atoms with van der Waals surface area (Å²) in [4.78, 5) is 17.7. The van der Waals surface area contributed by atoms with E-state index in [-0.39, 0.29) is 5.91 Å². The summed E-state index contributed by atoms with van der Waals surface area (Å²) < 4.78 is 5.32. The van der Waals surface area contributed by atoms with E-state index in [1.807, 2.05) is 43.3 Å². The first-order valence-corrected chi connectivity index (χ1v) is 8.76. The van der Waals surface area contributed by atoms with Crippen LogP contribution in [0.25, 0.3) is 10.7 Å². The van der Waals surface area contributed by atoms with Crippen LogP contribution in [0.3, 0.4) is 0 Å². The van der Waals surface area contributed by atoms with Gasteiger partial charge in [0.15, 0.2) is 0 Å². The number of carbonyl (C=O) groups excluding carboxylic acids is 1. The first-order valence-electron chi connectivity index (χ1n) is 7.57. The molecule has 0 atom stereocenters. The van der Waals surface area contributed by atoms with Crippen molar-refractivity contribution in [3.63, 3.8) is 0 Å². The van der Waals surface area contributed by atoms with Crippen LogP contribution in [-0.2, 0) is 17.8 Å². The minimum absolute atomic E-state index is 0.0355.